The van der Waals surface area contributed by atoms with E-state index >= 15 is 0 Å². The van der Waals surface area contributed by atoms with E-state index in [-0.39, 0.29) is 0 Å². The van der Waals surface area contributed by atoms with E-state index < -0.39 is 0 Å². The molecule has 0 aromatic carbocycles. The van der Waals surface area contributed by atoms with Crippen LogP contribution in [-0.4, -0.2) is 19.2 Å². The highest BCUT2D eigenvalue weighted by atomic mass is 16.6. The van der Waals surface area contributed by atoms with Crippen LogP contribution in [0.3, 0.4) is 0 Å². The van der Waals surface area contributed by atoms with Gasteiger partial charge in [-0.3, -0.25) is 4.99 Å². The molecule has 0 heterocycles. The van der Waals surface area contributed by atoms with Crippen molar-refractivity contribution in [3.63, 3.8) is 0 Å². The molecule has 0 amide bonds. The summed E-state index contributed by atoms with van der Waals surface area (Å²) in [5.74, 6) is 0. The summed E-state index contributed by atoms with van der Waals surface area (Å²) < 4.78 is 0. The molecule has 0 bridgehead atoms. The van der Waals surface area contributed by atoms with Gasteiger partial charge in [0.25, 0.3) is 0 Å². The summed E-state index contributed by atoms with van der Waals surface area (Å²) in [4.78, 5) is 8.43. The molecule has 0 rings (SSSR count). The van der Waals surface area contributed by atoms with Crippen LogP contribution in [0.15, 0.2) is 10.1 Å². The molecular formula is C6H12N2O. The van der Waals surface area contributed by atoms with Crippen LogP contribution in [0.5, 0.6) is 0 Å². The van der Waals surface area contributed by atoms with Gasteiger partial charge in [0.05, 0.1) is 0 Å². The fraction of sp³-hybridized carbons (Fsp3) is 0.667. The Morgan fingerprint density at radius 1 is 1.56 bits per heavy atom. The minimum atomic E-state index is 0.805. The second-order valence-corrected chi connectivity index (χ2v) is 1.48. The molecule has 0 N–H and O–H groups in total. The number of rotatable bonds is 4. The molecule has 0 aromatic heterocycles. The minimum Gasteiger partial charge on any atom is -0.345 e. The molecular weight excluding hydrogens is 116 g/mol. The number of aliphatic imine (C=N–C) groups is 1. The molecule has 0 unspecified atom stereocenters. The van der Waals surface area contributed by atoms with Crippen LogP contribution in [0.25, 0.3) is 0 Å². The van der Waals surface area contributed by atoms with Gasteiger partial charge >= 0.3 is 0 Å². The van der Waals surface area contributed by atoms with Gasteiger partial charge in [0, 0.05) is 12.8 Å². The van der Waals surface area contributed by atoms with Crippen molar-refractivity contribution in [3.8, 4) is 0 Å². The molecule has 0 fully saturated rings. The molecule has 3 heteroatoms. The zero-order chi connectivity index (χ0) is 6.95. The van der Waals surface area contributed by atoms with E-state index in [1.54, 1.807) is 13.1 Å². The first-order valence-corrected chi connectivity index (χ1v) is 3.04. The second-order valence-electron chi connectivity index (χ2n) is 1.48. The van der Waals surface area contributed by atoms with Gasteiger partial charge in [-0.05, 0) is 13.3 Å². The summed E-state index contributed by atoms with van der Waals surface area (Å²) in [7, 11) is 0. The Balaban J connectivity index is 3.04. The van der Waals surface area contributed by atoms with Gasteiger partial charge in [0.1, 0.15) is 0 Å². The lowest BCUT2D eigenvalue weighted by atomic mass is 10.5. The number of hydrogen-bond acceptors (Lipinski definition) is 3. The molecule has 3 nitrogen and oxygen atoms in total. The van der Waals surface area contributed by atoms with Gasteiger partial charge in [-0.1, -0.05) is 12.1 Å². The Morgan fingerprint density at radius 2 is 2.33 bits per heavy atom. The van der Waals surface area contributed by atoms with Crippen molar-refractivity contribution in [2.24, 2.45) is 10.1 Å². The summed E-state index contributed by atoms with van der Waals surface area (Å²) in [6.45, 7) is 4.65. The SMILES string of the molecule is C/C=N\O/C=N/CCC. The summed E-state index contributed by atoms with van der Waals surface area (Å²) >= 11 is 0. The molecule has 0 aliphatic heterocycles. The number of nitrogens with zero attached hydrogens (tertiary/aromatic N) is 2. The maximum atomic E-state index is 4.56. The van der Waals surface area contributed by atoms with Crippen molar-refractivity contribution in [2.45, 2.75) is 20.3 Å². The molecule has 0 aliphatic rings. The first-order valence-electron chi connectivity index (χ1n) is 3.04. The number of oxime groups is 1. The van der Waals surface area contributed by atoms with Crippen molar-refractivity contribution in [1.82, 2.24) is 0 Å². The quantitative estimate of drug-likeness (QED) is 0.320. The van der Waals surface area contributed by atoms with Gasteiger partial charge in [0.15, 0.2) is 0 Å². The van der Waals surface area contributed by atoms with Crippen molar-refractivity contribution >= 4 is 12.6 Å². The predicted octanol–water partition coefficient (Wildman–Crippen LogP) is 1.45. The summed E-state index contributed by atoms with van der Waals surface area (Å²) in [5, 5.41) is 3.47. The third-order valence-electron chi connectivity index (χ3n) is 0.641. The second kappa shape index (κ2) is 7.14. The smallest absolute Gasteiger partial charge is 0.207 e. The highest BCUT2D eigenvalue weighted by Gasteiger charge is 1.70. The molecule has 52 valence electrons. The summed E-state index contributed by atoms with van der Waals surface area (Å²) in [5.41, 5.74) is 0. The van der Waals surface area contributed by atoms with Gasteiger partial charge in [-0.2, -0.15) is 0 Å². The Bertz CT molecular complexity index is 99.2. The topological polar surface area (TPSA) is 34.0 Å². The predicted molar refractivity (Wildman–Crippen MR) is 38.9 cm³/mol. The van der Waals surface area contributed by atoms with Gasteiger partial charge < -0.3 is 4.84 Å². The van der Waals surface area contributed by atoms with Crippen LogP contribution < -0.4 is 0 Å². The summed E-state index contributed by atoms with van der Waals surface area (Å²) in [6.07, 6.45) is 3.96. The third-order valence-corrected chi connectivity index (χ3v) is 0.641. The molecule has 9 heavy (non-hydrogen) atoms. The maximum Gasteiger partial charge on any atom is 0.207 e. The zero-order valence-electron chi connectivity index (χ0n) is 5.87. The largest absolute Gasteiger partial charge is 0.345 e. The van der Waals surface area contributed by atoms with E-state index in [0.717, 1.165) is 13.0 Å². The van der Waals surface area contributed by atoms with Crippen molar-refractivity contribution < 1.29 is 4.84 Å². The Hall–Kier alpha value is -0.860. The Labute approximate surface area is 55.4 Å². The van der Waals surface area contributed by atoms with Crippen LogP contribution >= 0.6 is 0 Å². The van der Waals surface area contributed by atoms with Crippen molar-refractivity contribution in [2.75, 3.05) is 6.54 Å². The zero-order valence-corrected chi connectivity index (χ0v) is 5.87. The average Bonchev–Trinajstić information content (AvgIpc) is 1.89. The van der Waals surface area contributed by atoms with Crippen molar-refractivity contribution in [1.29, 1.82) is 0 Å². The van der Waals surface area contributed by atoms with Crippen LogP contribution in [0, 0.1) is 0 Å². The molecule has 0 saturated carbocycles. The highest BCUT2D eigenvalue weighted by Crippen LogP contribution is 1.75. The van der Waals surface area contributed by atoms with E-state index in [1.807, 2.05) is 0 Å². The van der Waals surface area contributed by atoms with Gasteiger partial charge in [0.2, 0.25) is 6.40 Å². The van der Waals surface area contributed by atoms with Crippen LogP contribution in [0.4, 0.5) is 0 Å². The molecule has 0 radical (unpaired) electrons. The Morgan fingerprint density at radius 3 is 2.89 bits per heavy atom. The van der Waals surface area contributed by atoms with E-state index in [0.29, 0.717) is 0 Å². The molecule has 0 saturated heterocycles. The number of hydrogen-bond donors (Lipinski definition) is 0. The molecule has 0 aromatic rings. The van der Waals surface area contributed by atoms with E-state index in [1.165, 1.54) is 6.40 Å². The Kier molecular flexibility index (Phi) is 6.46. The lowest BCUT2D eigenvalue weighted by Crippen LogP contribution is -1.80. The van der Waals surface area contributed by atoms with Crippen LogP contribution in [-0.2, 0) is 4.84 Å². The minimum absolute atomic E-state index is 0.805. The fourth-order valence-electron chi connectivity index (χ4n) is 0.303. The first kappa shape index (κ1) is 8.14. The monoisotopic (exact) mass is 128 g/mol. The third kappa shape index (κ3) is 7.14. The molecule has 0 aliphatic carbocycles. The molecule has 0 spiro atoms. The summed E-state index contributed by atoms with van der Waals surface area (Å²) in [6, 6.07) is 0. The van der Waals surface area contributed by atoms with E-state index in [9.17, 15) is 0 Å². The average molecular weight is 128 g/mol. The lowest BCUT2D eigenvalue weighted by Gasteiger charge is -1.84. The lowest BCUT2D eigenvalue weighted by molar-refractivity contribution is 0.345. The van der Waals surface area contributed by atoms with Gasteiger partial charge in [-0.25, -0.2) is 0 Å². The first-order chi connectivity index (χ1) is 4.41. The van der Waals surface area contributed by atoms with Gasteiger partial charge in [-0.15, -0.1) is 0 Å². The van der Waals surface area contributed by atoms with E-state index in [2.05, 4.69) is 21.9 Å². The van der Waals surface area contributed by atoms with Crippen molar-refractivity contribution in [3.05, 3.63) is 0 Å². The fourth-order valence-corrected chi connectivity index (χ4v) is 0.303. The van der Waals surface area contributed by atoms with Crippen LogP contribution in [0.2, 0.25) is 0 Å². The standard InChI is InChI=1S/C6H12N2O/c1-3-5-7-6-9-8-4-2/h4,6H,3,5H2,1-2H3/b7-6+,8-4-. The maximum absolute atomic E-state index is 4.56. The highest BCUT2D eigenvalue weighted by molar-refractivity contribution is 5.54. The molecule has 0 atom stereocenters. The van der Waals surface area contributed by atoms with E-state index in [4.69, 9.17) is 0 Å². The normalized spacial score (nSPS) is 11.3. The van der Waals surface area contributed by atoms with Crippen LogP contribution in [0.1, 0.15) is 20.3 Å².